The Kier molecular flexibility index (Phi) is 4.86. The molecule has 0 bridgehead atoms. The van der Waals surface area contributed by atoms with E-state index in [0.717, 1.165) is 29.1 Å². The third kappa shape index (κ3) is 3.43. The average molecular weight is 293 g/mol. The Morgan fingerprint density at radius 3 is 2.95 bits per heavy atom. The van der Waals surface area contributed by atoms with Crippen LogP contribution in [-0.4, -0.2) is 33.8 Å². The number of rotatable bonds is 6. The molecule has 6 nitrogen and oxygen atoms in total. The van der Waals surface area contributed by atoms with Gasteiger partial charge in [0, 0.05) is 25.4 Å². The Bertz CT molecular complexity index is 589. The van der Waals surface area contributed by atoms with Crippen LogP contribution in [0.25, 0.3) is 10.6 Å². The maximum atomic E-state index is 12.1. The molecule has 0 spiro atoms. The van der Waals surface area contributed by atoms with Crippen molar-refractivity contribution in [3.8, 4) is 10.6 Å². The summed E-state index contributed by atoms with van der Waals surface area (Å²) in [6.45, 7) is 3.15. The molecule has 0 aliphatic carbocycles. The van der Waals surface area contributed by atoms with E-state index in [1.165, 1.54) is 11.3 Å². The van der Waals surface area contributed by atoms with Crippen molar-refractivity contribution in [3.63, 3.8) is 0 Å². The van der Waals surface area contributed by atoms with Crippen molar-refractivity contribution in [3.05, 3.63) is 23.0 Å². The van der Waals surface area contributed by atoms with Gasteiger partial charge in [-0.25, -0.2) is 4.98 Å². The largest absolute Gasteiger partial charge is 0.351 e. The molecule has 3 N–H and O–H groups in total. The van der Waals surface area contributed by atoms with E-state index in [4.69, 9.17) is 5.73 Å². The maximum absolute atomic E-state index is 12.1. The summed E-state index contributed by atoms with van der Waals surface area (Å²) < 4.78 is 1.72. The zero-order chi connectivity index (χ0) is 14.5. The summed E-state index contributed by atoms with van der Waals surface area (Å²) in [7, 11) is 1.86. The van der Waals surface area contributed by atoms with Crippen LogP contribution in [0, 0.1) is 6.92 Å². The van der Waals surface area contributed by atoms with Crippen molar-refractivity contribution >= 4 is 17.2 Å². The van der Waals surface area contributed by atoms with Gasteiger partial charge in [-0.15, -0.1) is 11.3 Å². The number of amides is 1. The molecule has 0 aliphatic heterocycles. The number of aryl methyl sites for hydroxylation is 2. The summed E-state index contributed by atoms with van der Waals surface area (Å²) >= 11 is 1.40. The normalized spacial score (nSPS) is 10.8. The van der Waals surface area contributed by atoms with Gasteiger partial charge in [0.2, 0.25) is 0 Å². The van der Waals surface area contributed by atoms with E-state index in [0.29, 0.717) is 18.0 Å². The SMILES string of the molecule is Cc1nc(-c2cnn(C)c2)sc1C(=O)NCCCCN. The molecule has 0 radical (unpaired) electrons. The number of nitrogens with two attached hydrogens (primary N) is 1. The van der Waals surface area contributed by atoms with Gasteiger partial charge in [0.05, 0.1) is 11.9 Å². The number of aromatic nitrogens is 3. The molecule has 0 saturated heterocycles. The molecule has 0 aliphatic rings. The summed E-state index contributed by atoms with van der Waals surface area (Å²) in [6, 6.07) is 0. The minimum absolute atomic E-state index is 0.0628. The monoisotopic (exact) mass is 293 g/mol. The summed E-state index contributed by atoms with van der Waals surface area (Å²) in [6.07, 6.45) is 5.46. The van der Waals surface area contributed by atoms with Crippen LogP contribution in [0.1, 0.15) is 28.2 Å². The van der Waals surface area contributed by atoms with Crippen LogP contribution in [0.5, 0.6) is 0 Å². The zero-order valence-electron chi connectivity index (χ0n) is 11.7. The Balaban J connectivity index is 2.05. The number of hydrogen-bond acceptors (Lipinski definition) is 5. The fourth-order valence-electron chi connectivity index (χ4n) is 1.81. The summed E-state index contributed by atoms with van der Waals surface area (Å²) in [4.78, 5) is 17.2. The lowest BCUT2D eigenvalue weighted by Crippen LogP contribution is -2.24. The molecule has 7 heteroatoms. The topological polar surface area (TPSA) is 85.8 Å². The molecule has 2 rings (SSSR count). The third-order valence-corrected chi connectivity index (χ3v) is 4.08. The van der Waals surface area contributed by atoms with Gasteiger partial charge < -0.3 is 11.1 Å². The second-order valence-electron chi connectivity index (χ2n) is 4.59. The zero-order valence-corrected chi connectivity index (χ0v) is 12.5. The van der Waals surface area contributed by atoms with Crippen LogP contribution in [-0.2, 0) is 7.05 Å². The minimum atomic E-state index is -0.0628. The van der Waals surface area contributed by atoms with E-state index in [1.807, 2.05) is 20.2 Å². The quantitative estimate of drug-likeness (QED) is 0.787. The van der Waals surface area contributed by atoms with Gasteiger partial charge in [0.25, 0.3) is 5.91 Å². The second-order valence-corrected chi connectivity index (χ2v) is 5.59. The lowest BCUT2D eigenvalue weighted by atomic mass is 10.3. The number of nitrogens with one attached hydrogen (secondary N) is 1. The van der Waals surface area contributed by atoms with Gasteiger partial charge >= 0.3 is 0 Å². The molecule has 0 unspecified atom stereocenters. The maximum Gasteiger partial charge on any atom is 0.263 e. The van der Waals surface area contributed by atoms with Crippen LogP contribution in [0.4, 0.5) is 0 Å². The van der Waals surface area contributed by atoms with Crippen molar-refractivity contribution in [1.29, 1.82) is 0 Å². The van der Waals surface area contributed by atoms with Crippen LogP contribution < -0.4 is 11.1 Å². The Morgan fingerprint density at radius 1 is 1.50 bits per heavy atom. The minimum Gasteiger partial charge on any atom is -0.351 e. The molecule has 0 fully saturated rings. The predicted molar refractivity (Wildman–Crippen MR) is 79.7 cm³/mol. The number of nitrogens with zero attached hydrogens (tertiary/aromatic N) is 3. The molecular formula is C13H19N5OS. The van der Waals surface area contributed by atoms with Crippen molar-refractivity contribution in [2.75, 3.05) is 13.1 Å². The standard InChI is InChI=1S/C13H19N5OS/c1-9-11(12(19)15-6-4-3-5-14)20-13(17-9)10-7-16-18(2)8-10/h7-8H,3-6,14H2,1-2H3,(H,15,19). The van der Waals surface area contributed by atoms with Crippen LogP contribution in [0.2, 0.25) is 0 Å². The van der Waals surface area contributed by atoms with Crippen LogP contribution >= 0.6 is 11.3 Å². The summed E-state index contributed by atoms with van der Waals surface area (Å²) in [5.41, 5.74) is 7.11. The van der Waals surface area contributed by atoms with Gasteiger partial charge in [0.15, 0.2) is 0 Å². The molecule has 20 heavy (non-hydrogen) atoms. The highest BCUT2D eigenvalue weighted by Gasteiger charge is 2.16. The van der Waals surface area contributed by atoms with E-state index < -0.39 is 0 Å². The number of carbonyl (C=O) groups is 1. The van der Waals surface area contributed by atoms with Crippen LogP contribution in [0.15, 0.2) is 12.4 Å². The molecule has 108 valence electrons. The van der Waals surface area contributed by atoms with E-state index in [9.17, 15) is 4.79 Å². The number of thiazole rings is 1. The molecule has 0 saturated carbocycles. The van der Waals surface area contributed by atoms with E-state index in [1.54, 1.807) is 10.9 Å². The third-order valence-electron chi connectivity index (χ3n) is 2.87. The Morgan fingerprint density at radius 2 is 2.30 bits per heavy atom. The summed E-state index contributed by atoms with van der Waals surface area (Å²) in [5, 5.41) is 7.84. The smallest absolute Gasteiger partial charge is 0.263 e. The first-order valence-corrected chi connectivity index (χ1v) is 7.38. The number of carbonyl (C=O) groups excluding carboxylic acids is 1. The number of unbranched alkanes of at least 4 members (excludes halogenated alkanes) is 1. The highest BCUT2D eigenvalue weighted by atomic mass is 32.1. The van der Waals surface area contributed by atoms with Gasteiger partial charge in [-0.05, 0) is 26.3 Å². The summed E-state index contributed by atoms with van der Waals surface area (Å²) in [5.74, 6) is -0.0628. The lowest BCUT2D eigenvalue weighted by molar-refractivity contribution is 0.0956. The number of hydrogen-bond donors (Lipinski definition) is 2. The first-order chi connectivity index (χ1) is 9.61. The fraction of sp³-hybridized carbons (Fsp3) is 0.462. The van der Waals surface area contributed by atoms with Gasteiger partial charge in [-0.1, -0.05) is 0 Å². The Hall–Kier alpha value is -1.73. The Labute approximate surface area is 122 Å². The molecule has 1 amide bonds. The lowest BCUT2D eigenvalue weighted by Gasteiger charge is -2.02. The second kappa shape index (κ2) is 6.62. The molecular weight excluding hydrogens is 274 g/mol. The van der Waals surface area contributed by atoms with Gasteiger partial charge in [-0.3, -0.25) is 9.48 Å². The predicted octanol–water partition coefficient (Wildman–Crippen LogP) is 1.32. The first-order valence-electron chi connectivity index (χ1n) is 6.56. The van der Waals surface area contributed by atoms with Crippen molar-refractivity contribution in [2.45, 2.75) is 19.8 Å². The molecule has 2 heterocycles. The average Bonchev–Trinajstić information content (AvgIpc) is 3.00. The van der Waals surface area contributed by atoms with Crippen LogP contribution in [0.3, 0.4) is 0 Å². The molecule has 2 aromatic rings. The highest BCUT2D eigenvalue weighted by Crippen LogP contribution is 2.27. The van der Waals surface area contributed by atoms with E-state index in [-0.39, 0.29) is 5.91 Å². The first kappa shape index (κ1) is 14.7. The molecule has 0 atom stereocenters. The van der Waals surface area contributed by atoms with Crippen molar-refractivity contribution < 1.29 is 4.79 Å². The van der Waals surface area contributed by atoms with Crippen molar-refractivity contribution in [1.82, 2.24) is 20.1 Å². The van der Waals surface area contributed by atoms with E-state index in [2.05, 4.69) is 15.4 Å². The fourth-order valence-corrected chi connectivity index (χ4v) is 2.77. The molecule has 2 aromatic heterocycles. The highest BCUT2D eigenvalue weighted by molar-refractivity contribution is 7.17. The van der Waals surface area contributed by atoms with Gasteiger partial charge in [-0.2, -0.15) is 5.10 Å². The van der Waals surface area contributed by atoms with E-state index >= 15 is 0 Å². The van der Waals surface area contributed by atoms with Crippen molar-refractivity contribution in [2.24, 2.45) is 12.8 Å². The van der Waals surface area contributed by atoms with Gasteiger partial charge in [0.1, 0.15) is 9.88 Å². The molecule has 0 aromatic carbocycles.